The van der Waals surface area contributed by atoms with Gasteiger partial charge in [-0.3, -0.25) is 10.1 Å². The second-order valence-electron chi connectivity index (χ2n) is 4.79. The van der Waals surface area contributed by atoms with E-state index in [9.17, 15) is 20.0 Å². The van der Waals surface area contributed by atoms with Crippen LogP contribution in [0.25, 0.3) is 21.9 Å². The maximum atomic E-state index is 11.5. The zero-order chi connectivity index (χ0) is 15.7. The molecule has 0 fully saturated rings. The Balaban J connectivity index is 2.42. The number of benzene rings is 3. The molecule has 5 heteroatoms. The summed E-state index contributed by atoms with van der Waals surface area (Å²) >= 11 is 0. The number of nitro benzene ring substituents is 1. The lowest BCUT2D eigenvalue weighted by molar-refractivity contribution is -0.384. The third-order valence-corrected chi connectivity index (χ3v) is 3.53. The molecule has 22 heavy (non-hydrogen) atoms. The molecule has 3 aromatic rings. The van der Waals surface area contributed by atoms with Gasteiger partial charge in [-0.15, -0.1) is 0 Å². The van der Waals surface area contributed by atoms with Crippen LogP contribution < -0.4 is 0 Å². The van der Waals surface area contributed by atoms with Crippen LogP contribution in [0.15, 0.2) is 60.7 Å². The van der Waals surface area contributed by atoms with Crippen molar-refractivity contribution in [1.82, 2.24) is 0 Å². The number of nitro groups is 1. The third kappa shape index (κ3) is 2.18. The van der Waals surface area contributed by atoms with E-state index in [4.69, 9.17) is 0 Å². The summed E-state index contributed by atoms with van der Waals surface area (Å²) in [6.45, 7) is 0. The SMILES string of the molecule is O=C(O)c1cccc2cccc(-c3ccccc3[N+](=O)[O-])c12. The van der Waals surface area contributed by atoms with Gasteiger partial charge in [0.25, 0.3) is 5.69 Å². The smallest absolute Gasteiger partial charge is 0.336 e. The Morgan fingerprint density at radius 1 is 0.909 bits per heavy atom. The number of carbonyl (C=O) groups is 1. The van der Waals surface area contributed by atoms with E-state index in [-0.39, 0.29) is 11.3 Å². The molecule has 1 N–H and O–H groups in total. The van der Waals surface area contributed by atoms with Gasteiger partial charge in [-0.1, -0.05) is 42.5 Å². The summed E-state index contributed by atoms with van der Waals surface area (Å²) in [5.74, 6) is -1.06. The molecule has 108 valence electrons. The van der Waals surface area contributed by atoms with Crippen LogP contribution in [-0.2, 0) is 0 Å². The molecule has 0 aliphatic heterocycles. The quantitative estimate of drug-likeness (QED) is 0.582. The van der Waals surface area contributed by atoms with Gasteiger partial charge in [0.2, 0.25) is 0 Å². The molecule has 0 saturated carbocycles. The molecule has 0 atom stereocenters. The Morgan fingerprint density at radius 3 is 2.23 bits per heavy atom. The minimum atomic E-state index is -1.06. The number of hydrogen-bond donors (Lipinski definition) is 1. The molecule has 0 radical (unpaired) electrons. The van der Waals surface area contributed by atoms with E-state index in [2.05, 4.69) is 0 Å². The highest BCUT2D eigenvalue weighted by molar-refractivity contribution is 6.10. The number of carboxylic acid groups (broad SMARTS) is 1. The highest BCUT2D eigenvalue weighted by Gasteiger charge is 2.19. The van der Waals surface area contributed by atoms with E-state index in [1.165, 1.54) is 12.1 Å². The molecule has 0 heterocycles. The summed E-state index contributed by atoms with van der Waals surface area (Å²) in [5.41, 5.74) is 1.04. The summed E-state index contributed by atoms with van der Waals surface area (Å²) in [6.07, 6.45) is 0. The van der Waals surface area contributed by atoms with Gasteiger partial charge in [0.1, 0.15) is 0 Å². The molecule has 0 amide bonds. The standard InChI is InChI=1S/C17H11NO4/c19-17(20)14-9-4-6-11-5-3-8-13(16(11)14)12-7-1-2-10-15(12)18(21)22/h1-10H,(H,19,20). The predicted molar refractivity (Wildman–Crippen MR) is 83.0 cm³/mol. The summed E-state index contributed by atoms with van der Waals surface area (Å²) in [6, 6.07) is 16.5. The predicted octanol–water partition coefficient (Wildman–Crippen LogP) is 4.11. The van der Waals surface area contributed by atoms with Crippen LogP contribution in [0.3, 0.4) is 0 Å². The van der Waals surface area contributed by atoms with E-state index in [1.807, 2.05) is 0 Å². The fourth-order valence-electron chi connectivity index (χ4n) is 2.60. The largest absolute Gasteiger partial charge is 0.478 e. The maximum Gasteiger partial charge on any atom is 0.336 e. The number of carboxylic acids is 1. The summed E-state index contributed by atoms with van der Waals surface area (Å²) in [5, 5.41) is 21.9. The maximum absolute atomic E-state index is 11.5. The molecular formula is C17H11NO4. The van der Waals surface area contributed by atoms with Gasteiger partial charge in [0.15, 0.2) is 0 Å². The number of nitrogens with zero attached hydrogens (tertiary/aromatic N) is 1. The van der Waals surface area contributed by atoms with Gasteiger partial charge >= 0.3 is 5.97 Å². The van der Waals surface area contributed by atoms with Crippen molar-refractivity contribution < 1.29 is 14.8 Å². The van der Waals surface area contributed by atoms with Gasteiger partial charge in [-0.05, 0) is 23.1 Å². The van der Waals surface area contributed by atoms with Crippen molar-refractivity contribution in [2.45, 2.75) is 0 Å². The van der Waals surface area contributed by atoms with Crippen molar-refractivity contribution in [3.63, 3.8) is 0 Å². The second-order valence-corrected chi connectivity index (χ2v) is 4.79. The van der Waals surface area contributed by atoms with Crippen molar-refractivity contribution in [3.8, 4) is 11.1 Å². The van der Waals surface area contributed by atoms with Crippen molar-refractivity contribution in [2.24, 2.45) is 0 Å². The number of aromatic carboxylic acids is 1. The van der Waals surface area contributed by atoms with Crippen molar-refractivity contribution in [3.05, 3.63) is 76.3 Å². The lowest BCUT2D eigenvalue weighted by Crippen LogP contribution is -1.99. The van der Waals surface area contributed by atoms with E-state index >= 15 is 0 Å². The monoisotopic (exact) mass is 293 g/mol. The van der Waals surface area contributed by atoms with Crippen LogP contribution in [0.5, 0.6) is 0 Å². The molecule has 5 nitrogen and oxygen atoms in total. The summed E-state index contributed by atoms with van der Waals surface area (Å²) in [4.78, 5) is 22.3. The van der Waals surface area contributed by atoms with Gasteiger partial charge in [0.05, 0.1) is 16.1 Å². The Labute approximate surface area is 125 Å². The molecule has 0 aliphatic rings. The zero-order valence-electron chi connectivity index (χ0n) is 11.4. The molecule has 3 aromatic carbocycles. The first-order chi connectivity index (χ1) is 10.6. The van der Waals surface area contributed by atoms with E-state index < -0.39 is 10.9 Å². The van der Waals surface area contributed by atoms with E-state index in [0.717, 1.165) is 5.39 Å². The molecule has 0 unspecified atom stereocenters. The Hall–Kier alpha value is -3.21. The fourth-order valence-corrected chi connectivity index (χ4v) is 2.60. The number of para-hydroxylation sites is 1. The first-order valence-corrected chi connectivity index (χ1v) is 6.58. The average molecular weight is 293 g/mol. The molecule has 0 aromatic heterocycles. The van der Waals surface area contributed by atoms with Crippen LogP contribution >= 0.6 is 0 Å². The topological polar surface area (TPSA) is 80.4 Å². The lowest BCUT2D eigenvalue weighted by atomic mass is 9.94. The number of fused-ring (bicyclic) bond motifs is 1. The molecular weight excluding hydrogens is 282 g/mol. The van der Waals surface area contributed by atoms with Crippen LogP contribution in [0.1, 0.15) is 10.4 Å². The first kappa shape index (κ1) is 13.8. The third-order valence-electron chi connectivity index (χ3n) is 3.53. The normalized spacial score (nSPS) is 10.5. The highest BCUT2D eigenvalue weighted by Crippen LogP contribution is 2.36. The second kappa shape index (κ2) is 5.29. The van der Waals surface area contributed by atoms with Gasteiger partial charge in [-0.2, -0.15) is 0 Å². The van der Waals surface area contributed by atoms with Gasteiger partial charge < -0.3 is 5.11 Å². The molecule has 0 aliphatic carbocycles. The Morgan fingerprint density at radius 2 is 1.55 bits per heavy atom. The summed E-state index contributed by atoms with van der Waals surface area (Å²) < 4.78 is 0. The lowest BCUT2D eigenvalue weighted by Gasteiger charge is -2.10. The molecule has 0 spiro atoms. The minimum Gasteiger partial charge on any atom is -0.478 e. The Kier molecular flexibility index (Phi) is 3.31. The highest BCUT2D eigenvalue weighted by atomic mass is 16.6. The van der Waals surface area contributed by atoms with Gasteiger partial charge in [-0.25, -0.2) is 4.79 Å². The van der Waals surface area contributed by atoms with Crippen LogP contribution in [0.2, 0.25) is 0 Å². The van der Waals surface area contributed by atoms with Crippen LogP contribution in [0.4, 0.5) is 5.69 Å². The van der Waals surface area contributed by atoms with E-state index in [0.29, 0.717) is 16.5 Å². The zero-order valence-corrected chi connectivity index (χ0v) is 11.4. The first-order valence-electron chi connectivity index (χ1n) is 6.58. The number of rotatable bonds is 3. The fraction of sp³-hybridized carbons (Fsp3) is 0. The Bertz CT molecular complexity index is 897. The van der Waals surface area contributed by atoms with Crippen molar-refractivity contribution >= 4 is 22.4 Å². The minimum absolute atomic E-state index is 0.0461. The van der Waals surface area contributed by atoms with Crippen molar-refractivity contribution in [1.29, 1.82) is 0 Å². The van der Waals surface area contributed by atoms with E-state index in [1.54, 1.807) is 48.5 Å². The molecule has 0 saturated heterocycles. The summed E-state index contributed by atoms with van der Waals surface area (Å²) in [7, 11) is 0. The average Bonchev–Trinajstić information content (AvgIpc) is 2.53. The van der Waals surface area contributed by atoms with Crippen LogP contribution in [-0.4, -0.2) is 16.0 Å². The molecule has 0 bridgehead atoms. The van der Waals surface area contributed by atoms with Gasteiger partial charge in [0, 0.05) is 11.5 Å². The van der Waals surface area contributed by atoms with Crippen LogP contribution in [0, 0.1) is 10.1 Å². The molecule has 3 rings (SSSR count). The number of hydrogen-bond acceptors (Lipinski definition) is 3. The van der Waals surface area contributed by atoms with Crippen molar-refractivity contribution in [2.75, 3.05) is 0 Å².